The fourth-order valence-corrected chi connectivity index (χ4v) is 5.58. The van der Waals surface area contributed by atoms with Gasteiger partial charge < -0.3 is 19.4 Å². The number of methoxy groups -OCH3 is 1. The Kier molecular flexibility index (Phi) is 8.19. The Labute approximate surface area is 247 Å². The van der Waals surface area contributed by atoms with Crippen molar-refractivity contribution in [2.45, 2.75) is 25.2 Å². The molecule has 2 N–H and O–H groups in total. The number of halogens is 2. The van der Waals surface area contributed by atoms with E-state index in [-0.39, 0.29) is 42.8 Å². The minimum atomic E-state index is -1.67. The standard InChI is InChI=1S/C30H34F2N8O3/c1-20-26(21-12-33-28(34-13-21)30(32)18-43-19-30)37-40(24-6-4-3-5-7-24)27(20)36-29(41)35-25-17-39(10-11-42-2)15-22(25)14-38-9-8-23(31)16-38/h3-9,12-13,16,22,25H,10-11,14-15,17-19H2,1-2H3,(H2,35,36,41)/t22-,25-/m1/s1. The van der Waals surface area contributed by atoms with Gasteiger partial charge in [-0.25, -0.2) is 28.2 Å². The van der Waals surface area contributed by atoms with Crippen molar-refractivity contribution < 1.29 is 23.0 Å². The zero-order valence-electron chi connectivity index (χ0n) is 24.0. The molecule has 2 atom stereocenters. The van der Waals surface area contributed by atoms with Crippen LogP contribution in [-0.4, -0.2) is 87.9 Å². The Morgan fingerprint density at radius 2 is 1.93 bits per heavy atom. The number of alkyl halides is 1. The second kappa shape index (κ2) is 12.2. The maximum atomic E-state index is 14.7. The van der Waals surface area contributed by atoms with Crippen molar-refractivity contribution in [3.05, 3.63) is 78.4 Å². The number of likely N-dealkylation sites (tertiary alicyclic amines) is 1. The van der Waals surface area contributed by atoms with Crippen molar-refractivity contribution in [3.63, 3.8) is 0 Å². The van der Waals surface area contributed by atoms with Gasteiger partial charge in [-0.1, -0.05) is 18.2 Å². The van der Waals surface area contributed by atoms with Crippen molar-refractivity contribution in [1.82, 2.24) is 34.5 Å². The van der Waals surface area contributed by atoms with Crippen molar-refractivity contribution in [3.8, 4) is 16.9 Å². The SMILES string of the molecule is COCCN1C[C@@H](Cn2ccc(F)c2)[C@H](NC(=O)Nc2c(C)c(-c3cnc(C4(F)COC4)nc3)nn2-c2ccccc2)C1. The molecule has 2 aliphatic heterocycles. The second-order valence-corrected chi connectivity index (χ2v) is 11.1. The molecule has 2 aliphatic rings. The van der Waals surface area contributed by atoms with Crippen LogP contribution in [0.15, 0.2) is 61.2 Å². The number of nitrogens with one attached hydrogen (secondary N) is 2. The number of carbonyl (C=O) groups excluding carboxylic acids is 1. The van der Waals surface area contributed by atoms with Gasteiger partial charge >= 0.3 is 6.03 Å². The van der Waals surface area contributed by atoms with Crippen LogP contribution in [0.4, 0.5) is 19.4 Å². The summed E-state index contributed by atoms with van der Waals surface area (Å²) in [6.45, 7) is 4.97. The number of para-hydroxylation sites is 1. The molecule has 2 fully saturated rings. The van der Waals surface area contributed by atoms with Crippen molar-refractivity contribution in [1.29, 1.82) is 0 Å². The van der Waals surface area contributed by atoms with Crippen LogP contribution >= 0.6 is 0 Å². The molecule has 2 saturated heterocycles. The van der Waals surface area contributed by atoms with E-state index in [1.807, 2.05) is 41.8 Å². The van der Waals surface area contributed by atoms with Gasteiger partial charge in [0.2, 0.25) is 5.67 Å². The van der Waals surface area contributed by atoms with E-state index in [9.17, 15) is 13.6 Å². The Morgan fingerprint density at radius 1 is 1.16 bits per heavy atom. The first-order valence-electron chi connectivity index (χ1n) is 14.2. The highest BCUT2D eigenvalue weighted by molar-refractivity contribution is 5.91. The number of ether oxygens (including phenoxy) is 2. The van der Waals surface area contributed by atoms with Crippen LogP contribution in [0, 0.1) is 18.7 Å². The molecule has 0 aliphatic carbocycles. The smallest absolute Gasteiger partial charge is 0.320 e. The maximum absolute atomic E-state index is 14.7. The first-order valence-corrected chi connectivity index (χ1v) is 14.2. The Hall–Kier alpha value is -4.20. The number of hydrogen-bond acceptors (Lipinski definition) is 7. The number of amides is 2. The van der Waals surface area contributed by atoms with Gasteiger partial charge in [0.05, 0.1) is 25.5 Å². The first-order chi connectivity index (χ1) is 20.8. The molecule has 0 saturated carbocycles. The predicted octanol–water partition coefficient (Wildman–Crippen LogP) is 3.54. The van der Waals surface area contributed by atoms with Crippen LogP contribution in [0.1, 0.15) is 11.4 Å². The molecule has 13 heteroatoms. The summed E-state index contributed by atoms with van der Waals surface area (Å²) in [6.07, 6.45) is 6.25. The lowest BCUT2D eigenvalue weighted by atomic mass is 10.0. The first kappa shape index (κ1) is 28.9. The van der Waals surface area contributed by atoms with Gasteiger partial charge in [0.15, 0.2) is 5.82 Å². The number of carbonyl (C=O) groups is 1. The average molecular weight is 593 g/mol. The molecular formula is C30H34F2N8O3. The molecule has 226 valence electrons. The number of rotatable bonds is 10. The summed E-state index contributed by atoms with van der Waals surface area (Å²) in [7, 11) is 1.66. The summed E-state index contributed by atoms with van der Waals surface area (Å²) in [6, 6.07) is 10.3. The lowest BCUT2D eigenvalue weighted by Gasteiger charge is -2.31. The predicted molar refractivity (Wildman–Crippen MR) is 155 cm³/mol. The van der Waals surface area contributed by atoms with Gasteiger partial charge in [0, 0.05) is 81.2 Å². The largest absolute Gasteiger partial charge is 0.383 e. The lowest BCUT2D eigenvalue weighted by Crippen LogP contribution is -2.44. The second-order valence-electron chi connectivity index (χ2n) is 11.1. The van der Waals surface area contributed by atoms with E-state index in [1.54, 1.807) is 18.0 Å². The summed E-state index contributed by atoms with van der Waals surface area (Å²) in [5, 5.41) is 11.0. The van der Waals surface area contributed by atoms with E-state index in [2.05, 4.69) is 25.5 Å². The zero-order chi connectivity index (χ0) is 30.0. The van der Waals surface area contributed by atoms with Crippen LogP contribution in [-0.2, 0) is 21.7 Å². The molecule has 0 radical (unpaired) electrons. The fraction of sp³-hybridized carbons (Fsp3) is 0.400. The fourth-order valence-electron chi connectivity index (χ4n) is 5.58. The molecule has 1 aromatic carbocycles. The maximum Gasteiger partial charge on any atom is 0.320 e. The summed E-state index contributed by atoms with van der Waals surface area (Å²) in [4.78, 5) is 24.2. The molecule has 3 aromatic heterocycles. The third-order valence-electron chi connectivity index (χ3n) is 7.95. The van der Waals surface area contributed by atoms with E-state index < -0.39 is 5.67 Å². The number of benzene rings is 1. The van der Waals surface area contributed by atoms with Crippen molar-refractivity contribution in [2.24, 2.45) is 5.92 Å². The average Bonchev–Trinajstić information content (AvgIpc) is 3.68. The van der Waals surface area contributed by atoms with Gasteiger partial charge in [-0.3, -0.25) is 10.2 Å². The van der Waals surface area contributed by atoms with Crippen molar-refractivity contribution in [2.75, 3.05) is 51.9 Å². The minimum Gasteiger partial charge on any atom is -0.383 e. The highest BCUT2D eigenvalue weighted by Gasteiger charge is 2.43. The minimum absolute atomic E-state index is 0.0561. The molecule has 0 bridgehead atoms. The number of aromatic nitrogens is 5. The van der Waals surface area contributed by atoms with Gasteiger partial charge in [0.25, 0.3) is 0 Å². The highest BCUT2D eigenvalue weighted by atomic mass is 19.1. The van der Waals surface area contributed by atoms with Crippen molar-refractivity contribution >= 4 is 11.8 Å². The summed E-state index contributed by atoms with van der Waals surface area (Å²) < 4.78 is 42.1. The number of urea groups is 1. The quantitative estimate of drug-likeness (QED) is 0.290. The number of hydrogen-bond donors (Lipinski definition) is 2. The molecule has 2 amide bonds. The number of nitrogens with zero attached hydrogens (tertiary/aromatic N) is 6. The third-order valence-corrected chi connectivity index (χ3v) is 7.95. The van der Waals surface area contributed by atoms with Gasteiger partial charge in [-0.2, -0.15) is 5.10 Å². The van der Waals surface area contributed by atoms with E-state index in [4.69, 9.17) is 14.6 Å². The molecule has 43 heavy (non-hydrogen) atoms. The van der Waals surface area contributed by atoms with E-state index in [0.717, 1.165) is 18.8 Å². The molecule has 0 spiro atoms. The van der Waals surface area contributed by atoms with E-state index >= 15 is 0 Å². The number of anilines is 1. The third kappa shape index (κ3) is 6.14. The summed E-state index contributed by atoms with van der Waals surface area (Å²) in [5.41, 5.74) is 0.923. The Balaban J connectivity index is 1.24. The van der Waals surface area contributed by atoms with E-state index in [0.29, 0.717) is 42.3 Å². The highest BCUT2D eigenvalue weighted by Crippen LogP contribution is 2.33. The van der Waals surface area contributed by atoms with Crippen LogP contribution in [0.5, 0.6) is 0 Å². The van der Waals surface area contributed by atoms with Gasteiger partial charge in [-0.05, 0) is 25.1 Å². The Bertz CT molecular complexity index is 1560. The van der Waals surface area contributed by atoms with Gasteiger partial charge in [-0.15, -0.1) is 0 Å². The molecule has 4 aromatic rings. The van der Waals surface area contributed by atoms with Crippen LogP contribution in [0.3, 0.4) is 0 Å². The summed E-state index contributed by atoms with van der Waals surface area (Å²) in [5.74, 6) is 0.322. The van der Waals surface area contributed by atoms with Gasteiger partial charge in [0.1, 0.15) is 17.3 Å². The van der Waals surface area contributed by atoms with E-state index in [1.165, 1.54) is 24.7 Å². The molecule has 5 heterocycles. The normalized spacial score (nSPS) is 19.7. The molecular weight excluding hydrogens is 558 g/mol. The topological polar surface area (TPSA) is 111 Å². The molecule has 6 rings (SSSR count). The zero-order valence-corrected chi connectivity index (χ0v) is 24.0. The monoisotopic (exact) mass is 592 g/mol. The van der Waals surface area contributed by atoms with Crippen LogP contribution < -0.4 is 10.6 Å². The van der Waals surface area contributed by atoms with Crippen LogP contribution in [0.2, 0.25) is 0 Å². The Morgan fingerprint density at radius 3 is 2.58 bits per heavy atom. The summed E-state index contributed by atoms with van der Waals surface area (Å²) >= 11 is 0. The molecule has 0 unspecified atom stereocenters. The lowest BCUT2D eigenvalue weighted by molar-refractivity contribution is -0.140. The van der Waals surface area contributed by atoms with Crippen LogP contribution in [0.25, 0.3) is 16.9 Å². The molecule has 11 nitrogen and oxygen atoms in total.